The molecule has 6 heteroatoms. The lowest BCUT2D eigenvalue weighted by Crippen LogP contribution is -2.25. The molecule has 0 atom stereocenters. The van der Waals surface area contributed by atoms with E-state index in [2.05, 4.69) is 21.1 Å². The van der Waals surface area contributed by atoms with Crippen LogP contribution in [0, 0.1) is 0 Å². The molecule has 1 aromatic heterocycles. The molecular weight excluding hydrogens is 324 g/mol. The van der Waals surface area contributed by atoms with Crippen molar-refractivity contribution in [3.63, 3.8) is 0 Å². The van der Waals surface area contributed by atoms with Gasteiger partial charge in [0.1, 0.15) is 0 Å². The molecule has 0 amide bonds. The first kappa shape index (κ1) is 13.3. The van der Waals surface area contributed by atoms with Crippen molar-refractivity contribution in [2.45, 2.75) is 25.4 Å². The summed E-state index contributed by atoms with van der Waals surface area (Å²) >= 11 is 3.46. The van der Waals surface area contributed by atoms with Crippen LogP contribution in [0.2, 0.25) is 0 Å². The summed E-state index contributed by atoms with van der Waals surface area (Å²) in [5, 5.41) is 3.72. The predicted octanol–water partition coefficient (Wildman–Crippen LogP) is 3.63. The van der Waals surface area contributed by atoms with Gasteiger partial charge in [-0.05, 0) is 31.4 Å². The summed E-state index contributed by atoms with van der Waals surface area (Å²) in [6, 6.07) is 5.46. The van der Waals surface area contributed by atoms with E-state index in [0.717, 1.165) is 22.9 Å². The quantitative estimate of drug-likeness (QED) is 0.921. The fourth-order valence-corrected chi connectivity index (χ4v) is 2.53. The van der Waals surface area contributed by atoms with E-state index >= 15 is 0 Å². The third-order valence-electron chi connectivity index (χ3n) is 3.37. The number of halogens is 1. The summed E-state index contributed by atoms with van der Waals surface area (Å²) in [6.45, 7) is 0. The molecule has 0 saturated heterocycles. The van der Waals surface area contributed by atoms with Crippen LogP contribution >= 0.6 is 15.9 Å². The lowest BCUT2D eigenvalue weighted by atomic mass is 9.96. The van der Waals surface area contributed by atoms with E-state index in [-0.39, 0.29) is 6.10 Å². The van der Waals surface area contributed by atoms with Crippen molar-refractivity contribution in [3.8, 4) is 22.8 Å². The van der Waals surface area contributed by atoms with E-state index in [4.69, 9.17) is 19.7 Å². The van der Waals surface area contributed by atoms with Gasteiger partial charge in [0.05, 0.1) is 18.8 Å². The van der Waals surface area contributed by atoms with Gasteiger partial charge in [-0.1, -0.05) is 21.1 Å². The molecule has 106 valence electrons. The van der Waals surface area contributed by atoms with Crippen LogP contribution in [0.15, 0.2) is 27.2 Å². The Bertz CT molecular complexity index is 623. The average molecular weight is 339 g/mol. The van der Waals surface area contributed by atoms with E-state index in [1.54, 1.807) is 13.2 Å². The smallest absolute Gasteiger partial charge is 0.172 e. The second kappa shape index (κ2) is 5.36. The molecule has 0 aliphatic heterocycles. The number of nitrogen functional groups attached to an aromatic ring is 1. The molecule has 1 aliphatic rings. The third kappa shape index (κ3) is 2.47. The standard InChI is InChI=1S/C14H15BrN2O3/c1-18-12-6-8(15)5-10(11-7-13(16)17-20-11)14(12)19-9-3-2-4-9/h5-7,9H,2-4H2,1H3,(H2,16,17). The first-order chi connectivity index (χ1) is 9.67. The Morgan fingerprint density at radius 2 is 2.15 bits per heavy atom. The average Bonchev–Trinajstić information content (AvgIpc) is 2.80. The molecule has 0 unspecified atom stereocenters. The lowest BCUT2D eigenvalue weighted by molar-refractivity contribution is 0.116. The Kier molecular flexibility index (Phi) is 3.56. The maximum atomic E-state index is 6.05. The van der Waals surface area contributed by atoms with Crippen molar-refractivity contribution < 1.29 is 14.0 Å². The fraction of sp³-hybridized carbons (Fsp3) is 0.357. The molecule has 1 aromatic carbocycles. The van der Waals surface area contributed by atoms with Gasteiger partial charge in [0.15, 0.2) is 23.1 Å². The van der Waals surface area contributed by atoms with Gasteiger partial charge in [-0.3, -0.25) is 0 Å². The second-order valence-corrected chi connectivity index (χ2v) is 5.69. The highest BCUT2D eigenvalue weighted by Crippen LogP contribution is 2.43. The van der Waals surface area contributed by atoms with Crippen LogP contribution in [0.1, 0.15) is 19.3 Å². The number of hydrogen-bond acceptors (Lipinski definition) is 5. The molecule has 5 nitrogen and oxygen atoms in total. The minimum Gasteiger partial charge on any atom is -0.493 e. The molecule has 0 bridgehead atoms. The monoisotopic (exact) mass is 338 g/mol. The molecule has 1 fully saturated rings. The van der Waals surface area contributed by atoms with Gasteiger partial charge in [-0.15, -0.1) is 0 Å². The molecule has 1 aliphatic carbocycles. The second-order valence-electron chi connectivity index (χ2n) is 4.77. The molecule has 2 aromatic rings. The Hall–Kier alpha value is -1.69. The van der Waals surface area contributed by atoms with E-state index < -0.39 is 0 Å². The predicted molar refractivity (Wildman–Crippen MR) is 78.9 cm³/mol. The third-order valence-corrected chi connectivity index (χ3v) is 3.83. The number of benzene rings is 1. The number of aromatic nitrogens is 1. The van der Waals surface area contributed by atoms with Crippen LogP contribution in [0.3, 0.4) is 0 Å². The Morgan fingerprint density at radius 1 is 1.35 bits per heavy atom. The van der Waals surface area contributed by atoms with Gasteiger partial charge in [-0.2, -0.15) is 0 Å². The summed E-state index contributed by atoms with van der Waals surface area (Å²) in [5.74, 6) is 2.25. The van der Waals surface area contributed by atoms with E-state index in [0.29, 0.717) is 23.1 Å². The normalized spacial score (nSPS) is 14.9. The minimum atomic E-state index is 0.240. The van der Waals surface area contributed by atoms with Crippen molar-refractivity contribution in [2.75, 3.05) is 12.8 Å². The summed E-state index contributed by atoms with van der Waals surface area (Å²) in [6.07, 6.45) is 3.58. The number of methoxy groups -OCH3 is 1. The van der Waals surface area contributed by atoms with Gasteiger partial charge >= 0.3 is 0 Å². The highest BCUT2D eigenvalue weighted by molar-refractivity contribution is 9.10. The van der Waals surface area contributed by atoms with Gasteiger partial charge in [0.25, 0.3) is 0 Å². The molecule has 2 N–H and O–H groups in total. The van der Waals surface area contributed by atoms with Crippen molar-refractivity contribution in [3.05, 3.63) is 22.7 Å². The molecule has 0 radical (unpaired) electrons. The van der Waals surface area contributed by atoms with Crippen molar-refractivity contribution in [2.24, 2.45) is 0 Å². The number of ether oxygens (including phenoxy) is 2. The molecule has 3 rings (SSSR count). The Morgan fingerprint density at radius 3 is 2.70 bits per heavy atom. The van der Waals surface area contributed by atoms with Crippen LogP contribution in [0.5, 0.6) is 11.5 Å². The summed E-state index contributed by atoms with van der Waals surface area (Å²) < 4.78 is 17.6. The van der Waals surface area contributed by atoms with Crippen molar-refractivity contribution in [1.29, 1.82) is 0 Å². The number of nitrogens with two attached hydrogens (primary N) is 1. The SMILES string of the molecule is COc1cc(Br)cc(-c2cc(N)no2)c1OC1CCC1. The first-order valence-electron chi connectivity index (χ1n) is 6.44. The summed E-state index contributed by atoms with van der Waals surface area (Å²) in [5.41, 5.74) is 6.41. The van der Waals surface area contributed by atoms with Crippen molar-refractivity contribution >= 4 is 21.7 Å². The first-order valence-corrected chi connectivity index (χ1v) is 7.23. The zero-order valence-electron chi connectivity index (χ0n) is 11.1. The molecule has 1 heterocycles. The van der Waals surface area contributed by atoms with Gasteiger partial charge < -0.3 is 19.7 Å². The van der Waals surface area contributed by atoms with Crippen LogP contribution in [0.4, 0.5) is 5.82 Å². The zero-order valence-corrected chi connectivity index (χ0v) is 12.6. The van der Waals surface area contributed by atoms with Crippen LogP contribution < -0.4 is 15.2 Å². The maximum Gasteiger partial charge on any atom is 0.172 e. The van der Waals surface area contributed by atoms with Crippen molar-refractivity contribution in [1.82, 2.24) is 5.16 Å². The van der Waals surface area contributed by atoms with Gasteiger partial charge in [0, 0.05) is 10.5 Å². The summed E-state index contributed by atoms with van der Waals surface area (Å²) in [4.78, 5) is 0. The number of nitrogens with zero attached hydrogens (tertiary/aromatic N) is 1. The summed E-state index contributed by atoms with van der Waals surface area (Å²) in [7, 11) is 1.62. The number of hydrogen-bond donors (Lipinski definition) is 1. The van der Waals surface area contributed by atoms with Crippen LogP contribution in [-0.4, -0.2) is 18.4 Å². The Balaban J connectivity index is 2.07. The topological polar surface area (TPSA) is 70.5 Å². The lowest BCUT2D eigenvalue weighted by Gasteiger charge is -2.28. The van der Waals surface area contributed by atoms with E-state index in [1.165, 1.54) is 6.42 Å². The van der Waals surface area contributed by atoms with E-state index in [9.17, 15) is 0 Å². The van der Waals surface area contributed by atoms with E-state index in [1.807, 2.05) is 12.1 Å². The molecular formula is C14H15BrN2O3. The highest BCUT2D eigenvalue weighted by Gasteiger charge is 2.24. The highest BCUT2D eigenvalue weighted by atomic mass is 79.9. The fourth-order valence-electron chi connectivity index (χ4n) is 2.10. The largest absolute Gasteiger partial charge is 0.493 e. The molecule has 1 saturated carbocycles. The minimum absolute atomic E-state index is 0.240. The number of rotatable bonds is 4. The van der Waals surface area contributed by atoms with Gasteiger partial charge in [-0.25, -0.2) is 0 Å². The van der Waals surface area contributed by atoms with Crippen LogP contribution in [0.25, 0.3) is 11.3 Å². The molecule has 0 spiro atoms. The Labute approximate surface area is 125 Å². The number of anilines is 1. The molecule has 20 heavy (non-hydrogen) atoms. The zero-order chi connectivity index (χ0) is 14.1. The maximum absolute atomic E-state index is 6.05. The van der Waals surface area contributed by atoms with Crippen LogP contribution in [-0.2, 0) is 0 Å². The van der Waals surface area contributed by atoms with Gasteiger partial charge in [0.2, 0.25) is 0 Å².